The maximum Gasteiger partial charge on any atom is 0.275 e. The highest BCUT2D eigenvalue weighted by molar-refractivity contribution is 5.79. The summed E-state index contributed by atoms with van der Waals surface area (Å²) in [4.78, 5) is 23.1. The Balaban J connectivity index is 3.13. The van der Waals surface area contributed by atoms with Crippen LogP contribution in [0.3, 0.4) is 0 Å². The van der Waals surface area contributed by atoms with Gasteiger partial charge < -0.3 is 15.7 Å². The highest BCUT2D eigenvalue weighted by Gasteiger charge is 2.17. The van der Waals surface area contributed by atoms with Gasteiger partial charge in [0.2, 0.25) is 5.91 Å². The van der Waals surface area contributed by atoms with E-state index >= 15 is 0 Å². The number of rotatable bonds is 7. The largest absolute Gasteiger partial charge is 0.391 e. The van der Waals surface area contributed by atoms with E-state index in [0.717, 1.165) is 0 Å². The Labute approximate surface area is 117 Å². The summed E-state index contributed by atoms with van der Waals surface area (Å²) in [5.41, 5.74) is 5.92. The molecule has 0 bridgehead atoms. The van der Waals surface area contributed by atoms with Crippen molar-refractivity contribution in [3.05, 3.63) is 33.9 Å². The molecule has 0 spiro atoms. The van der Waals surface area contributed by atoms with Crippen LogP contribution in [0.25, 0.3) is 0 Å². The number of aliphatic hydroxyl groups is 1. The number of hydrogen-bond donors (Lipinski definition) is 2. The summed E-state index contributed by atoms with van der Waals surface area (Å²) in [5.74, 6) is -0.184. The van der Waals surface area contributed by atoms with Crippen molar-refractivity contribution in [2.75, 3.05) is 18.0 Å². The normalized spacial score (nSPS) is 10.6. The van der Waals surface area contributed by atoms with Crippen molar-refractivity contribution in [2.24, 2.45) is 11.7 Å². The molecule has 0 heterocycles. The monoisotopic (exact) mass is 281 g/mol. The van der Waals surface area contributed by atoms with Crippen molar-refractivity contribution >= 4 is 17.3 Å². The predicted octanol–water partition coefficient (Wildman–Crippen LogP) is 1.03. The molecular weight excluding hydrogens is 262 g/mol. The van der Waals surface area contributed by atoms with Crippen LogP contribution in [0, 0.1) is 16.0 Å². The summed E-state index contributed by atoms with van der Waals surface area (Å²) in [7, 11) is 0. The lowest BCUT2D eigenvalue weighted by atomic mass is 10.1. The fourth-order valence-electron chi connectivity index (χ4n) is 1.96. The van der Waals surface area contributed by atoms with E-state index in [1.807, 2.05) is 13.8 Å². The summed E-state index contributed by atoms with van der Waals surface area (Å²) in [6.45, 7) is 4.17. The van der Waals surface area contributed by atoms with Gasteiger partial charge in [-0.2, -0.15) is 0 Å². The molecule has 1 aromatic rings. The molecule has 1 amide bonds. The number of nitrogens with two attached hydrogens (primary N) is 1. The van der Waals surface area contributed by atoms with E-state index in [9.17, 15) is 20.0 Å². The molecule has 7 heteroatoms. The fourth-order valence-corrected chi connectivity index (χ4v) is 1.96. The average Bonchev–Trinajstić information content (AvgIpc) is 2.35. The molecule has 0 unspecified atom stereocenters. The zero-order valence-corrected chi connectivity index (χ0v) is 11.6. The molecule has 110 valence electrons. The number of anilines is 1. The number of carbonyl (C=O) groups is 1. The van der Waals surface area contributed by atoms with E-state index in [1.54, 1.807) is 11.0 Å². The molecule has 0 aromatic heterocycles. The zero-order valence-electron chi connectivity index (χ0n) is 11.6. The van der Waals surface area contributed by atoms with Crippen LogP contribution in [0.4, 0.5) is 11.4 Å². The van der Waals surface area contributed by atoms with Crippen LogP contribution in [0.1, 0.15) is 19.4 Å². The van der Waals surface area contributed by atoms with Crippen molar-refractivity contribution < 1.29 is 14.8 Å². The third-order valence-electron chi connectivity index (χ3n) is 2.73. The first kappa shape index (κ1) is 15.9. The fraction of sp³-hybridized carbons (Fsp3) is 0.462. The van der Waals surface area contributed by atoms with Crippen LogP contribution in [0.15, 0.2) is 18.2 Å². The summed E-state index contributed by atoms with van der Waals surface area (Å²) >= 11 is 0. The van der Waals surface area contributed by atoms with Gasteiger partial charge in [0.1, 0.15) is 0 Å². The Kier molecular flexibility index (Phi) is 5.45. The number of benzene rings is 1. The third kappa shape index (κ3) is 4.20. The number of aliphatic hydroxyl groups excluding tert-OH is 1. The van der Waals surface area contributed by atoms with Crippen LogP contribution in [-0.4, -0.2) is 29.0 Å². The second kappa shape index (κ2) is 6.85. The second-order valence-electron chi connectivity index (χ2n) is 4.97. The number of hydrogen-bond acceptors (Lipinski definition) is 5. The minimum Gasteiger partial charge on any atom is -0.391 e. The first-order valence-corrected chi connectivity index (χ1v) is 6.26. The smallest absolute Gasteiger partial charge is 0.275 e. The van der Waals surface area contributed by atoms with Gasteiger partial charge in [-0.25, -0.2) is 0 Å². The third-order valence-corrected chi connectivity index (χ3v) is 2.73. The Morgan fingerprint density at radius 1 is 1.50 bits per heavy atom. The van der Waals surface area contributed by atoms with E-state index in [1.165, 1.54) is 12.1 Å². The molecule has 20 heavy (non-hydrogen) atoms. The van der Waals surface area contributed by atoms with Gasteiger partial charge in [0.15, 0.2) is 0 Å². The second-order valence-corrected chi connectivity index (χ2v) is 4.97. The van der Waals surface area contributed by atoms with Crippen LogP contribution >= 0.6 is 0 Å². The van der Waals surface area contributed by atoms with E-state index in [2.05, 4.69) is 0 Å². The van der Waals surface area contributed by atoms with Gasteiger partial charge in [0, 0.05) is 18.3 Å². The van der Waals surface area contributed by atoms with Crippen LogP contribution in [-0.2, 0) is 11.4 Å². The molecule has 0 radical (unpaired) electrons. The van der Waals surface area contributed by atoms with Crippen LogP contribution < -0.4 is 10.6 Å². The summed E-state index contributed by atoms with van der Waals surface area (Å²) in [6.07, 6.45) is 0. The van der Waals surface area contributed by atoms with Crippen LogP contribution in [0.2, 0.25) is 0 Å². The SMILES string of the molecule is CC(C)CN(CC(N)=O)c1ccc([N+](=O)[O-])c(CO)c1. The molecule has 7 nitrogen and oxygen atoms in total. The minimum atomic E-state index is -0.545. The molecule has 0 aliphatic carbocycles. The number of carbonyl (C=O) groups excluding carboxylic acids is 1. The average molecular weight is 281 g/mol. The van der Waals surface area contributed by atoms with Crippen molar-refractivity contribution in [2.45, 2.75) is 20.5 Å². The number of amides is 1. The van der Waals surface area contributed by atoms with Gasteiger partial charge in [0.05, 0.1) is 23.6 Å². The molecule has 0 fully saturated rings. The molecule has 3 N–H and O–H groups in total. The Morgan fingerprint density at radius 2 is 2.15 bits per heavy atom. The van der Waals surface area contributed by atoms with E-state index in [4.69, 9.17) is 5.73 Å². The van der Waals surface area contributed by atoms with Gasteiger partial charge in [0.25, 0.3) is 5.69 Å². The van der Waals surface area contributed by atoms with Crippen molar-refractivity contribution in [1.82, 2.24) is 0 Å². The van der Waals surface area contributed by atoms with E-state index in [0.29, 0.717) is 18.2 Å². The zero-order chi connectivity index (χ0) is 15.3. The first-order chi connectivity index (χ1) is 9.35. The lowest BCUT2D eigenvalue weighted by Gasteiger charge is -2.25. The minimum absolute atomic E-state index is 0.0286. The van der Waals surface area contributed by atoms with Gasteiger partial charge in [-0.15, -0.1) is 0 Å². The number of primary amides is 1. The maximum absolute atomic E-state index is 11.1. The number of nitro benzene ring substituents is 1. The quantitative estimate of drug-likeness (QED) is 0.573. The Bertz CT molecular complexity index is 502. The highest BCUT2D eigenvalue weighted by atomic mass is 16.6. The molecule has 0 saturated heterocycles. The van der Waals surface area contributed by atoms with E-state index < -0.39 is 17.4 Å². The summed E-state index contributed by atoms with van der Waals surface area (Å²) < 4.78 is 0. The number of nitro groups is 1. The van der Waals surface area contributed by atoms with Crippen molar-refractivity contribution in [3.63, 3.8) is 0 Å². The predicted molar refractivity (Wildman–Crippen MR) is 75.3 cm³/mol. The lowest BCUT2D eigenvalue weighted by Crippen LogP contribution is -2.36. The Hall–Kier alpha value is -2.15. The van der Waals surface area contributed by atoms with Crippen LogP contribution in [0.5, 0.6) is 0 Å². The van der Waals surface area contributed by atoms with Gasteiger partial charge in [-0.1, -0.05) is 13.8 Å². The summed E-state index contributed by atoms with van der Waals surface area (Å²) in [6, 6.07) is 4.40. The van der Waals surface area contributed by atoms with Gasteiger partial charge >= 0.3 is 0 Å². The lowest BCUT2D eigenvalue weighted by molar-refractivity contribution is -0.385. The molecule has 0 atom stereocenters. The Morgan fingerprint density at radius 3 is 2.60 bits per heavy atom. The molecule has 0 aliphatic rings. The standard InChI is InChI=1S/C13H19N3O4/c1-9(2)6-15(7-13(14)18)11-3-4-12(16(19)20)10(5-11)8-17/h3-5,9,17H,6-8H2,1-2H3,(H2,14,18). The highest BCUT2D eigenvalue weighted by Crippen LogP contribution is 2.25. The summed E-state index contributed by atoms with van der Waals surface area (Å²) in [5, 5.41) is 20.0. The molecule has 0 saturated carbocycles. The van der Waals surface area contributed by atoms with Gasteiger partial charge in [-0.3, -0.25) is 14.9 Å². The maximum atomic E-state index is 11.1. The molecular formula is C13H19N3O4. The van der Waals surface area contributed by atoms with E-state index in [-0.39, 0.29) is 17.8 Å². The topological polar surface area (TPSA) is 110 Å². The van der Waals surface area contributed by atoms with Crippen molar-refractivity contribution in [1.29, 1.82) is 0 Å². The van der Waals surface area contributed by atoms with Crippen molar-refractivity contribution in [3.8, 4) is 0 Å². The number of nitrogens with zero attached hydrogens (tertiary/aromatic N) is 2. The van der Waals surface area contributed by atoms with Gasteiger partial charge in [-0.05, 0) is 18.1 Å². The molecule has 1 aromatic carbocycles. The molecule has 1 rings (SSSR count). The molecule has 0 aliphatic heterocycles. The first-order valence-electron chi connectivity index (χ1n) is 6.26.